The summed E-state index contributed by atoms with van der Waals surface area (Å²) < 4.78 is 5.20. The fraction of sp³-hybridized carbons (Fsp3) is 0.500. The van der Waals surface area contributed by atoms with Crippen molar-refractivity contribution in [2.24, 2.45) is 5.41 Å². The quantitative estimate of drug-likeness (QED) is 0.801. The van der Waals surface area contributed by atoms with E-state index in [2.05, 4.69) is 5.32 Å². The van der Waals surface area contributed by atoms with E-state index < -0.39 is 0 Å². The maximum Gasteiger partial charge on any atom is 0.171 e. The summed E-state index contributed by atoms with van der Waals surface area (Å²) in [6.07, 6.45) is 2.99. The van der Waals surface area contributed by atoms with Crippen LogP contribution in [0.3, 0.4) is 0 Å². The molecule has 1 aromatic carbocycles. The predicted octanol–water partition coefficient (Wildman–Crippen LogP) is 1.80. The van der Waals surface area contributed by atoms with Crippen LogP contribution in [-0.4, -0.2) is 26.0 Å². The van der Waals surface area contributed by atoms with Gasteiger partial charge in [-0.2, -0.15) is 0 Å². The van der Waals surface area contributed by atoms with Crippen molar-refractivity contribution >= 4 is 5.78 Å². The van der Waals surface area contributed by atoms with Crippen LogP contribution < -0.4 is 10.1 Å². The number of piperidine rings is 1. The van der Waals surface area contributed by atoms with Crippen LogP contribution in [0, 0.1) is 5.41 Å². The molecule has 1 N–H and O–H groups in total. The van der Waals surface area contributed by atoms with Gasteiger partial charge in [0.15, 0.2) is 5.78 Å². The second-order valence-corrected chi connectivity index (χ2v) is 5.09. The maximum atomic E-state index is 12.5. The van der Waals surface area contributed by atoms with Crippen LogP contribution in [0.5, 0.6) is 5.75 Å². The SMILES string of the molecule is COc1ccc2c(c1)C(=O)C1(CCCNC1)C2. The standard InChI is InChI=1S/C14H17NO2/c1-17-11-4-3-10-8-14(5-2-6-15-9-14)13(16)12(10)7-11/h3-4,7,15H,2,5-6,8-9H2,1H3. The number of benzene rings is 1. The van der Waals surface area contributed by atoms with Crippen molar-refractivity contribution in [3.63, 3.8) is 0 Å². The highest BCUT2D eigenvalue weighted by atomic mass is 16.5. The molecular formula is C14H17NO2. The average Bonchev–Trinajstić information content (AvgIpc) is 2.63. The molecule has 1 heterocycles. The average molecular weight is 231 g/mol. The van der Waals surface area contributed by atoms with Crippen LogP contribution in [-0.2, 0) is 6.42 Å². The number of nitrogens with one attached hydrogen (secondary N) is 1. The Morgan fingerprint density at radius 3 is 3.00 bits per heavy atom. The zero-order valence-corrected chi connectivity index (χ0v) is 10.1. The van der Waals surface area contributed by atoms with Gasteiger partial charge in [0.2, 0.25) is 0 Å². The third kappa shape index (κ3) is 1.57. The second kappa shape index (κ2) is 3.84. The lowest BCUT2D eigenvalue weighted by molar-refractivity contribution is 0.0773. The van der Waals surface area contributed by atoms with Gasteiger partial charge < -0.3 is 10.1 Å². The van der Waals surface area contributed by atoms with Crippen molar-refractivity contribution in [3.05, 3.63) is 29.3 Å². The topological polar surface area (TPSA) is 38.3 Å². The summed E-state index contributed by atoms with van der Waals surface area (Å²) in [5.74, 6) is 1.08. The van der Waals surface area contributed by atoms with Crippen molar-refractivity contribution in [1.82, 2.24) is 5.32 Å². The Morgan fingerprint density at radius 2 is 2.29 bits per heavy atom. The zero-order valence-electron chi connectivity index (χ0n) is 10.1. The molecule has 1 aliphatic heterocycles. The molecule has 0 amide bonds. The predicted molar refractivity (Wildman–Crippen MR) is 65.6 cm³/mol. The molecule has 0 saturated carbocycles. The Labute approximate surface area is 101 Å². The molecule has 1 fully saturated rings. The number of fused-ring (bicyclic) bond motifs is 1. The second-order valence-electron chi connectivity index (χ2n) is 5.09. The Morgan fingerprint density at radius 1 is 1.41 bits per heavy atom. The first-order valence-corrected chi connectivity index (χ1v) is 6.18. The molecule has 0 aromatic heterocycles. The smallest absolute Gasteiger partial charge is 0.171 e. The number of ether oxygens (including phenoxy) is 1. The summed E-state index contributed by atoms with van der Waals surface area (Å²) in [7, 11) is 1.64. The van der Waals surface area contributed by atoms with Crippen molar-refractivity contribution in [2.75, 3.05) is 20.2 Å². The molecule has 1 aromatic rings. The molecule has 0 radical (unpaired) electrons. The van der Waals surface area contributed by atoms with Gasteiger partial charge >= 0.3 is 0 Å². The molecule has 1 unspecified atom stereocenters. The summed E-state index contributed by atoms with van der Waals surface area (Å²) >= 11 is 0. The Balaban J connectivity index is 1.99. The van der Waals surface area contributed by atoms with Crippen molar-refractivity contribution in [3.8, 4) is 5.75 Å². The Hall–Kier alpha value is -1.35. The van der Waals surface area contributed by atoms with E-state index in [9.17, 15) is 4.79 Å². The fourth-order valence-electron chi connectivity index (χ4n) is 3.09. The lowest BCUT2D eigenvalue weighted by atomic mass is 9.77. The molecule has 3 rings (SSSR count). The lowest BCUT2D eigenvalue weighted by Crippen LogP contribution is -2.44. The third-order valence-corrected chi connectivity index (χ3v) is 4.04. The first-order chi connectivity index (χ1) is 8.25. The minimum absolute atomic E-state index is 0.174. The van der Waals surface area contributed by atoms with Crippen LogP contribution in [0.25, 0.3) is 0 Å². The minimum atomic E-state index is -0.174. The van der Waals surface area contributed by atoms with E-state index in [1.807, 2.05) is 18.2 Å². The lowest BCUT2D eigenvalue weighted by Gasteiger charge is -2.32. The first-order valence-electron chi connectivity index (χ1n) is 6.18. The molecule has 3 nitrogen and oxygen atoms in total. The van der Waals surface area contributed by atoms with Crippen molar-refractivity contribution in [2.45, 2.75) is 19.3 Å². The number of Topliss-reactive ketones (excluding diaryl/α,β-unsaturated/α-hetero) is 1. The molecule has 1 atom stereocenters. The Bertz CT molecular complexity index is 461. The number of rotatable bonds is 1. The van der Waals surface area contributed by atoms with E-state index in [0.717, 1.165) is 43.7 Å². The summed E-state index contributed by atoms with van der Waals surface area (Å²) in [6.45, 7) is 1.86. The normalized spacial score (nSPS) is 27.2. The molecule has 17 heavy (non-hydrogen) atoms. The van der Waals surface area contributed by atoms with Gasteiger partial charge in [0.25, 0.3) is 0 Å². The van der Waals surface area contributed by atoms with Crippen LogP contribution in [0.15, 0.2) is 18.2 Å². The third-order valence-electron chi connectivity index (χ3n) is 4.04. The van der Waals surface area contributed by atoms with Gasteiger partial charge in [-0.25, -0.2) is 0 Å². The number of hydrogen-bond donors (Lipinski definition) is 1. The van der Waals surface area contributed by atoms with E-state index in [1.54, 1.807) is 7.11 Å². The van der Waals surface area contributed by atoms with E-state index >= 15 is 0 Å². The molecule has 1 saturated heterocycles. The van der Waals surface area contributed by atoms with Crippen molar-refractivity contribution < 1.29 is 9.53 Å². The van der Waals surface area contributed by atoms with Crippen LogP contribution in [0.1, 0.15) is 28.8 Å². The number of hydrogen-bond acceptors (Lipinski definition) is 3. The van der Waals surface area contributed by atoms with Gasteiger partial charge in [-0.05, 0) is 43.5 Å². The van der Waals surface area contributed by atoms with Gasteiger partial charge in [0.05, 0.1) is 12.5 Å². The van der Waals surface area contributed by atoms with Crippen LogP contribution in [0.2, 0.25) is 0 Å². The van der Waals surface area contributed by atoms with Crippen LogP contribution >= 0.6 is 0 Å². The number of ketones is 1. The molecule has 0 bridgehead atoms. The fourth-order valence-corrected chi connectivity index (χ4v) is 3.09. The van der Waals surface area contributed by atoms with Gasteiger partial charge in [-0.3, -0.25) is 4.79 Å². The number of carbonyl (C=O) groups excluding carboxylic acids is 1. The monoisotopic (exact) mass is 231 g/mol. The summed E-state index contributed by atoms with van der Waals surface area (Å²) in [5, 5.41) is 3.36. The largest absolute Gasteiger partial charge is 0.497 e. The molecule has 1 aliphatic carbocycles. The van der Waals surface area contributed by atoms with Gasteiger partial charge in [0, 0.05) is 12.1 Å². The highest BCUT2D eigenvalue weighted by Gasteiger charge is 2.45. The van der Waals surface area contributed by atoms with Gasteiger partial charge in [-0.1, -0.05) is 6.07 Å². The Kier molecular flexibility index (Phi) is 2.44. The number of carbonyl (C=O) groups is 1. The molecule has 3 heteroatoms. The molecular weight excluding hydrogens is 214 g/mol. The van der Waals surface area contributed by atoms with E-state index in [1.165, 1.54) is 5.56 Å². The first kappa shape index (κ1) is 10.8. The summed E-state index contributed by atoms with van der Waals surface area (Å²) in [4.78, 5) is 12.5. The molecule has 2 aliphatic rings. The maximum absolute atomic E-state index is 12.5. The van der Waals surface area contributed by atoms with E-state index in [0.29, 0.717) is 5.78 Å². The van der Waals surface area contributed by atoms with E-state index in [4.69, 9.17) is 4.74 Å². The highest BCUT2D eigenvalue weighted by Crippen LogP contribution is 2.42. The highest BCUT2D eigenvalue weighted by molar-refractivity contribution is 6.05. The van der Waals surface area contributed by atoms with Gasteiger partial charge in [0.1, 0.15) is 5.75 Å². The zero-order chi connectivity index (χ0) is 11.9. The number of methoxy groups -OCH3 is 1. The molecule has 1 spiro atoms. The summed E-state index contributed by atoms with van der Waals surface area (Å²) in [6, 6.07) is 5.87. The van der Waals surface area contributed by atoms with E-state index in [-0.39, 0.29) is 5.41 Å². The van der Waals surface area contributed by atoms with Crippen LogP contribution in [0.4, 0.5) is 0 Å². The van der Waals surface area contributed by atoms with Crippen molar-refractivity contribution in [1.29, 1.82) is 0 Å². The minimum Gasteiger partial charge on any atom is -0.497 e. The summed E-state index contributed by atoms with van der Waals surface area (Å²) in [5.41, 5.74) is 1.87. The molecule has 90 valence electrons. The van der Waals surface area contributed by atoms with Gasteiger partial charge in [-0.15, -0.1) is 0 Å².